The van der Waals surface area contributed by atoms with Gasteiger partial charge in [-0.15, -0.1) is 22.7 Å². The summed E-state index contributed by atoms with van der Waals surface area (Å²) in [5.74, 6) is -0.106. The van der Waals surface area contributed by atoms with Gasteiger partial charge in [-0.2, -0.15) is 0 Å². The van der Waals surface area contributed by atoms with Crippen molar-refractivity contribution in [2.24, 2.45) is 0 Å². The first kappa shape index (κ1) is 21.0. The van der Waals surface area contributed by atoms with E-state index in [1.807, 2.05) is 23.6 Å². The molecule has 4 rings (SSSR count). The monoisotopic (exact) mass is 456 g/mol. The number of aromatic nitrogens is 1. The molecule has 1 aromatic carbocycles. The summed E-state index contributed by atoms with van der Waals surface area (Å²) in [6.45, 7) is 3.49. The number of para-hydroxylation sites is 2. The minimum absolute atomic E-state index is 0.0793. The Balaban J connectivity index is 1.42. The van der Waals surface area contributed by atoms with E-state index >= 15 is 0 Å². The van der Waals surface area contributed by atoms with Crippen LogP contribution < -0.4 is 20.3 Å². The van der Waals surface area contributed by atoms with Gasteiger partial charge in [-0.25, -0.2) is 4.98 Å². The molecule has 0 saturated carbocycles. The first-order chi connectivity index (χ1) is 14.9. The number of nitrogens with zero attached hydrogens (tertiary/aromatic N) is 2. The van der Waals surface area contributed by atoms with Gasteiger partial charge < -0.3 is 15.4 Å². The van der Waals surface area contributed by atoms with Gasteiger partial charge in [0.15, 0.2) is 11.2 Å². The van der Waals surface area contributed by atoms with Crippen LogP contribution in [0, 0.1) is 0 Å². The van der Waals surface area contributed by atoms with Crippen LogP contribution in [0.3, 0.4) is 0 Å². The molecule has 1 atom stereocenters. The van der Waals surface area contributed by atoms with E-state index in [0.717, 1.165) is 15.4 Å². The number of hydrogen-bond donors (Lipinski definition) is 2. The molecule has 3 aromatic rings. The Labute approximate surface area is 186 Å². The summed E-state index contributed by atoms with van der Waals surface area (Å²) < 4.78 is 5.60. The van der Waals surface area contributed by atoms with Crippen LogP contribution in [0.1, 0.15) is 18.7 Å². The Kier molecular flexibility index (Phi) is 6.01. The molecule has 160 valence electrons. The van der Waals surface area contributed by atoms with Gasteiger partial charge in [0.1, 0.15) is 12.3 Å². The van der Waals surface area contributed by atoms with Crippen LogP contribution >= 0.6 is 22.7 Å². The summed E-state index contributed by atoms with van der Waals surface area (Å²) in [6, 6.07) is 11.0. The van der Waals surface area contributed by atoms with Crippen molar-refractivity contribution in [1.82, 2.24) is 10.3 Å². The SMILES string of the molecule is CC(=O)NCc1ccc(-c2csc(NC(=O)CN3C(=O)C(C)Oc4ccccc43)n2)s1. The molecule has 10 heteroatoms. The van der Waals surface area contributed by atoms with E-state index in [1.54, 1.807) is 25.1 Å². The Morgan fingerprint density at radius 3 is 2.84 bits per heavy atom. The highest BCUT2D eigenvalue weighted by atomic mass is 32.1. The maximum atomic E-state index is 12.6. The molecule has 3 amide bonds. The van der Waals surface area contributed by atoms with E-state index in [4.69, 9.17) is 4.74 Å². The number of ether oxygens (including phenoxy) is 1. The molecule has 2 N–H and O–H groups in total. The number of rotatable bonds is 6. The molecule has 0 fully saturated rings. The number of thiophene rings is 1. The van der Waals surface area contributed by atoms with Gasteiger partial charge in [0.25, 0.3) is 5.91 Å². The number of fused-ring (bicyclic) bond motifs is 1. The molecule has 1 unspecified atom stereocenters. The summed E-state index contributed by atoms with van der Waals surface area (Å²) in [6.07, 6.45) is -0.653. The molecule has 0 saturated heterocycles. The van der Waals surface area contributed by atoms with Gasteiger partial charge in [-0.05, 0) is 31.2 Å². The zero-order chi connectivity index (χ0) is 22.0. The van der Waals surface area contributed by atoms with Crippen LogP contribution in [0.2, 0.25) is 0 Å². The van der Waals surface area contributed by atoms with Crippen LogP contribution in [0.5, 0.6) is 5.75 Å². The second kappa shape index (κ2) is 8.86. The molecule has 0 bridgehead atoms. The molecule has 0 aliphatic carbocycles. The third-order valence-corrected chi connectivity index (χ3v) is 6.42. The largest absolute Gasteiger partial charge is 0.479 e. The minimum atomic E-state index is -0.653. The normalized spacial score (nSPS) is 15.2. The van der Waals surface area contributed by atoms with Crippen LogP contribution in [0.15, 0.2) is 41.8 Å². The predicted molar refractivity (Wildman–Crippen MR) is 120 cm³/mol. The van der Waals surface area contributed by atoms with Crippen LogP contribution in [-0.2, 0) is 20.9 Å². The quantitative estimate of drug-likeness (QED) is 0.593. The zero-order valence-corrected chi connectivity index (χ0v) is 18.5. The molecular weight excluding hydrogens is 436 g/mol. The van der Waals surface area contributed by atoms with Gasteiger partial charge in [0.05, 0.1) is 22.8 Å². The Hall–Kier alpha value is -3.24. The number of hydrogen-bond acceptors (Lipinski definition) is 7. The summed E-state index contributed by atoms with van der Waals surface area (Å²) in [5, 5.41) is 7.86. The third kappa shape index (κ3) is 4.75. The third-order valence-electron chi connectivity index (χ3n) is 4.55. The maximum Gasteiger partial charge on any atom is 0.268 e. The Bertz CT molecular complexity index is 1140. The van der Waals surface area contributed by atoms with E-state index in [1.165, 1.54) is 34.5 Å². The molecule has 0 spiro atoms. The zero-order valence-electron chi connectivity index (χ0n) is 16.9. The predicted octanol–water partition coefficient (Wildman–Crippen LogP) is 3.26. The van der Waals surface area contributed by atoms with Gasteiger partial charge in [-0.3, -0.25) is 19.3 Å². The lowest BCUT2D eigenvalue weighted by Gasteiger charge is -2.32. The lowest BCUT2D eigenvalue weighted by molar-refractivity contribution is -0.127. The Morgan fingerprint density at radius 2 is 2.03 bits per heavy atom. The number of carbonyl (C=O) groups excluding carboxylic acids is 3. The lowest BCUT2D eigenvalue weighted by Crippen LogP contribution is -2.47. The lowest BCUT2D eigenvalue weighted by atomic mass is 10.2. The van der Waals surface area contributed by atoms with E-state index in [9.17, 15) is 14.4 Å². The average molecular weight is 457 g/mol. The van der Waals surface area contributed by atoms with Crippen molar-refractivity contribution in [3.63, 3.8) is 0 Å². The van der Waals surface area contributed by atoms with Gasteiger partial charge in [-0.1, -0.05) is 12.1 Å². The van der Waals surface area contributed by atoms with Crippen LogP contribution in [0.25, 0.3) is 10.6 Å². The molecule has 1 aliphatic rings. The molecule has 8 nitrogen and oxygen atoms in total. The molecule has 0 radical (unpaired) electrons. The maximum absolute atomic E-state index is 12.6. The average Bonchev–Trinajstić information content (AvgIpc) is 3.39. The summed E-state index contributed by atoms with van der Waals surface area (Å²) in [7, 11) is 0. The number of nitrogens with one attached hydrogen (secondary N) is 2. The fraction of sp³-hybridized carbons (Fsp3) is 0.238. The minimum Gasteiger partial charge on any atom is -0.479 e. The van der Waals surface area contributed by atoms with Crippen molar-refractivity contribution in [2.75, 3.05) is 16.8 Å². The van der Waals surface area contributed by atoms with Crippen molar-refractivity contribution >= 4 is 51.2 Å². The number of carbonyl (C=O) groups is 3. The number of amides is 3. The van der Waals surface area contributed by atoms with Crippen molar-refractivity contribution in [1.29, 1.82) is 0 Å². The van der Waals surface area contributed by atoms with Crippen molar-refractivity contribution < 1.29 is 19.1 Å². The highest BCUT2D eigenvalue weighted by molar-refractivity contribution is 7.17. The molecule has 3 heterocycles. The summed E-state index contributed by atoms with van der Waals surface area (Å²) in [5.41, 5.74) is 1.33. The molecular formula is C21H20N4O4S2. The first-order valence-electron chi connectivity index (χ1n) is 9.56. The van der Waals surface area contributed by atoms with Crippen molar-refractivity contribution in [2.45, 2.75) is 26.5 Å². The van der Waals surface area contributed by atoms with E-state index in [-0.39, 0.29) is 24.3 Å². The standard InChI is InChI=1S/C21H20N4O4S2/c1-12-20(28)25(16-5-3-4-6-17(16)29-12)10-19(27)24-21-23-15(11-30-21)18-8-7-14(31-18)9-22-13(2)26/h3-8,11-12H,9-10H2,1-2H3,(H,22,26)(H,23,24,27). The summed E-state index contributed by atoms with van der Waals surface area (Å²) in [4.78, 5) is 44.1. The van der Waals surface area contributed by atoms with Gasteiger partial charge >= 0.3 is 0 Å². The smallest absolute Gasteiger partial charge is 0.268 e. The van der Waals surface area contributed by atoms with E-state index < -0.39 is 6.10 Å². The number of anilines is 2. The first-order valence-corrected chi connectivity index (χ1v) is 11.3. The van der Waals surface area contributed by atoms with Crippen molar-refractivity contribution in [3.8, 4) is 16.3 Å². The van der Waals surface area contributed by atoms with E-state index in [2.05, 4.69) is 15.6 Å². The second-order valence-electron chi connectivity index (χ2n) is 6.91. The topological polar surface area (TPSA) is 101 Å². The number of benzene rings is 1. The second-order valence-corrected chi connectivity index (χ2v) is 8.94. The van der Waals surface area contributed by atoms with Gasteiger partial charge in [0.2, 0.25) is 11.8 Å². The fourth-order valence-corrected chi connectivity index (χ4v) is 4.80. The van der Waals surface area contributed by atoms with Crippen LogP contribution in [0.4, 0.5) is 10.8 Å². The highest BCUT2D eigenvalue weighted by Gasteiger charge is 2.32. The molecule has 2 aromatic heterocycles. The summed E-state index contributed by atoms with van der Waals surface area (Å²) >= 11 is 2.85. The molecule has 1 aliphatic heterocycles. The van der Waals surface area contributed by atoms with Gasteiger partial charge in [0, 0.05) is 17.2 Å². The van der Waals surface area contributed by atoms with Crippen LogP contribution in [-0.4, -0.2) is 35.4 Å². The van der Waals surface area contributed by atoms with E-state index in [0.29, 0.717) is 23.1 Å². The molecule has 31 heavy (non-hydrogen) atoms. The highest BCUT2D eigenvalue weighted by Crippen LogP contribution is 2.34. The fourth-order valence-electron chi connectivity index (χ4n) is 3.09. The van der Waals surface area contributed by atoms with Crippen molar-refractivity contribution in [3.05, 3.63) is 46.7 Å². The number of thiazole rings is 1. The Morgan fingerprint density at radius 1 is 1.23 bits per heavy atom.